The van der Waals surface area contributed by atoms with Gasteiger partial charge in [0.05, 0.1) is 5.92 Å². The van der Waals surface area contributed by atoms with Crippen LogP contribution in [0.2, 0.25) is 0 Å². The Balaban J connectivity index is 0.00000261. The lowest BCUT2D eigenvalue weighted by molar-refractivity contribution is -0.126. The van der Waals surface area contributed by atoms with Crippen molar-refractivity contribution in [1.29, 1.82) is 0 Å². The van der Waals surface area contributed by atoms with E-state index in [1.54, 1.807) is 4.90 Å². The highest BCUT2D eigenvalue weighted by Crippen LogP contribution is 2.32. The van der Waals surface area contributed by atoms with Crippen LogP contribution in [0.4, 0.5) is 5.69 Å². The third-order valence-corrected chi connectivity index (χ3v) is 5.90. The lowest BCUT2D eigenvalue weighted by atomic mass is 9.81. The number of hydrogen-bond donors (Lipinski definition) is 2. The van der Waals surface area contributed by atoms with Gasteiger partial charge in [-0.1, -0.05) is 24.6 Å². The van der Waals surface area contributed by atoms with E-state index in [1.807, 2.05) is 13.8 Å². The van der Waals surface area contributed by atoms with Crippen molar-refractivity contribution in [2.75, 3.05) is 31.1 Å². The van der Waals surface area contributed by atoms with Crippen molar-refractivity contribution in [3.63, 3.8) is 0 Å². The molecule has 2 heterocycles. The maximum absolute atomic E-state index is 12.7. The molecule has 0 aliphatic carbocycles. The second kappa shape index (κ2) is 8.61. The average Bonchev–Trinajstić information content (AvgIpc) is 2.94. The van der Waals surface area contributed by atoms with Gasteiger partial charge < -0.3 is 15.5 Å². The second-order valence-electron chi connectivity index (χ2n) is 8.43. The number of anilines is 1. The van der Waals surface area contributed by atoms with E-state index in [2.05, 4.69) is 36.6 Å². The van der Waals surface area contributed by atoms with E-state index in [0.29, 0.717) is 19.5 Å². The molecule has 1 atom stereocenters. The zero-order valence-corrected chi connectivity index (χ0v) is 17.7. The number of carbonyl (C=O) groups excluding carboxylic acids is 2. The Bertz CT molecular complexity index is 690. The van der Waals surface area contributed by atoms with Crippen molar-refractivity contribution in [2.24, 2.45) is 11.3 Å². The van der Waals surface area contributed by atoms with E-state index in [1.165, 1.54) is 5.56 Å². The van der Waals surface area contributed by atoms with Gasteiger partial charge in [-0.05, 0) is 63.2 Å². The fraction of sp³-hybridized carbons (Fsp3) is 0.619. The number of aryl methyl sites for hydroxylation is 3. The highest BCUT2D eigenvalue weighted by molar-refractivity contribution is 6.01. The molecule has 150 valence electrons. The number of hydrogen-bond acceptors (Lipinski definition) is 3. The lowest BCUT2D eigenvalue weighted by Crippen LogP contribution is -2.44. The molecule has 2 aliphatic rings. The quantitative estimate of drug-likeness (QED) is 0.826. The molecule has 0 radical (unpaired) electrons. The van der Waals surface area contributed by atoms with Gasteiger partial charge >= 0.3 is 0 Å². The molecular formula is C21H32ClN3O2. The molecule has 2 N–H and O–H groups in total. The Kier molecular flexibility index (Phi) is 6.92. The summed E-state index contributed by atoms with van der Waals surface area (Å²) in [4.78, 5) is 27.1. The molecule has 27 heavy (non-hydrogen) atoms. The molecule has 1 unspecified atom stereocenters. The SMILES string of the molecule is Cc1cc(C)c(N2CC(C(=O)NCC3(C)CCNCC3)CC2=O)c(C)c1.Cl. The van der Waals surface area contributed by atoms with Gasteiger partial charge in [0.1, 0.15) is 0 Å². The third kappa shape index (κ3) is 4.82. The van der Waals surface area contributed by atoms with E-state index < -0.39 is 0 Å². The largest absolute Gasteiger partial charge is 0.355 e. The van der Waals surface area contributed by atoms with Gasteiger partial charge in [-0.25, -0.2) is 0 Å². The number of piperidine rings is 1. The van der Waals surface area contributed by atoms with Crippen LogP contribution in [0, 0.1) is 32.1 Å². The van der Waals surface area contributed by atoms with E-state index in [9.17, 15) is 9.59 Å². The maximum Gasteiger partial charge on any atom is 0.227 e. The van der Waals surface area contributed by atoms with E-state index in [0.717, 1.165) is 42.7 Å². The van der Waals surface area contributed by atoms with E-state index in [4.69, 9.17) is 0 Å². The van der Waals surface area contributed by atoms with Gasteiger partial charge in [0.25, 0.3) is 0 Å². The van der Waals surface area contributed by atoms with Gasteiger partial charge in [-0.15, -0.1) is 12.4 Å². The minimum absolute atomic E-state index is 0. The van der Waals surface area contributed by atoms with Crippen molar-refractivity contribution in [2.45, 2.75) is 47.0 Å². The minimum Gasteiger partial charge on any atom is -0.355 e. The zero-order valence-electron chi connectivity index (χ0n) is 16.9. The van der Waals surface area contributed by atoms with E-state index >= 15 is 0 Å². The summed E-state index contributed by atoms with van der Waals surface area (Å²) in [5, 5.41) is 6.48. The molecular weight excluding hydrogens is 362 g/mol. The summed E-state index contributed by atoms with van der Waals surface area (Å²) in [6.07, 6.45) is 2.45. The molecule has 1 aromatic carbocycles. The molecule has 5 nitrogen and oxygen atoms in total. The molecule has 0 bridgehead atoms. The summed E-state index contributed by atoms with van der Waals surface area (Å²) >= 11 is 0. The normalized spacial score (nSPS) is 21.7. The van der Waals surface area contributed by atoms with Crippen LogP contribution in [0.5, 0.6) is 0 Å². The van der Waals surface area contributed by atoms with Crippen molar-refractivity contribution in [3.05, 3.63) is 28.8 Å². The van der Waals surface area contributed by atoms with Gasteiger partial charge in [0.15, 0.2) is 0 Å². The Morgan fingerprint density at radius 1 is 1.22 bits per heavy atom. The number of amides is 2. The predicted molar refractivity (Wildman–Crippen MR) is 112 cm³/mol. The van der Waals surface area contributed by atoms with Crippen molar-refractivity contribution >= 4 is 29.9 Å². The summed E-state index contributed by atoms with van der Waals surface area (Å²) in [6, 6.07) is 4.20. The molecule has 6 heteroatoms. The van der Waals surface area contributed by atoms with Crippen molar-refractivity contribution in [1.82, 2.24) is 10.6 Å². The molecule has 1 aromatic rings. The van der Waals surface area contributed by atoms with Crippen LogP contribution < -0.4 is 15.5 Å². The van der Waals surface area contributed by atoms with Gasteiger partial charge in [-0.2, -0.15) is 0 Å². The highest BCUT2D eigenvalue weighted by atomic mass is 35.5. The molecule has 0 spiro atoms. The number of nitrogens with zero attached hydrogens (tertiary/aromatic N) is 1. The molecule has 0 aromatic heterocycles. The summed E-state index contributed by atoms with van der Waals surface area (Å²) in [5.41, 5.74) is 4.52. The van der Waals surface area contributed by atoms with E-state index in [-0.39, 0.29) is 35.6 Å². The first-order chi connectivity index (χ1) is 12.3. The maximum atomic E-state index is 12.7. The highest BCUT2D eigenvalue weighted by Gasteiger charge is 2.37. The predicted octanol–water partition coefficient (Wildman–Crippen LogP) is 2.89. The smallest absolute Gasteiger partial charge is 0.227 e. The topological polar surface area (TPSA) is 61.4 Å². The fourth-order valence-electron chi connectivity index (χ4n) is 4.35. The monoisotopic (exact) mass is 393 g/mol. The Hall–Kier alpha value is -1.59. The van der Waals surface area contributed by atoms with Crippen LogP contribution in [0.15, 0.2) is 12.1 Å². The molecule has 2 fully saturated rings. The number of carbonyl (C=O) groups is 2. The number of halogens is 1. The van der Waals surface area contributed by atoms with Crippen LogP contribution in [0.1, 0.15) is 42.9 Å². The molecule has 2 saturated heterocycles. The Labute approximate surface area is 168 Å². The van der Waals surface area contributed by atoms with Crippen LogP contribution in [0.3, 0.4) is 0 Å². The summed E-state index contributed by atoms with van der Waals surface area (Å²) in [5.74, 6) is -0.191. The number of nitrogens with one attached hydrogen (secondary N) is 2. The summed E-state index contributed by atoms with van der Waals surface area (Å²) in [7, 11) is 0. The summed E-state index contributed by atoms with van der Waals surface area (Å²) < 4.78 is 0. The first kappa shape index (κ1) is 21.7. The van der Waals surface area contributed by atoms with Crippen LogP contribution >= 0.6 is 12.4 Å². The minimum atomic E-state index is -0.257. The van der Waals surface area contributed by atoms with Crippen molar-refractivity contribution < 1.29 is 9.59 Å². The van der Waals surface area contributed by atoms with Crippen LogP contribution in [-0.4, -0.2) is 38.0 Å². The van der Waals surface area contributed by atoms with Gasteiger partial charge in [-0.3, -0.25) is 9.59 Å². The molecule has 3 rings (SSSR count). The molecule has 2 aliphatic heterocycles. The van der Waals surface area contributed by atoms with Gasteiger partial charge in [0, 0.05) is 25.2 Å². The molecule has 0 saturated carbocycles. The Morgan fingerprint density at radius 2 is 1.81 bits per heavy atom. The first-order valence-corrected chi connectivity index (χ1v) is 9.66. The first-order valence-electron chi connectivity index (χ1n) is 9.66. The standard InChI is InChI=1S/C21H31N3O2.ClH/c1-14-9-15(2)19(16(3)10-14)24-12-17(11-18(24)25)20(26)23-13-21(4)5-7-22-8-6-21;/h9-10,17,22H,5-8,11-13H2,1-4H3,(H,23,26);1H. The van der Waals surface area contributed by atoms with Gasteiger partial charge in [0.2, 0.25) is 11.8 Å². The molecule has 2 amide bonds. The zero-order chi connectivity index (χ0) is 18.9. The second-order valence-corrected chi connectivity index (χ2v) is 8.43. The lowest BCUT2D eigenvalue weighted by Gasteiger charge is -2.34. The third-order valence-electron chi connectivity index (χ3n) is 5.90. The fourth-order valence-corrected chi connectivity index (χ4v) is 4.35. The number of rotatable bonds is 4. The summed E-state index contributed by atoms with van der Waals surface area (Å²) in [6.45, 7) is 11.6. The number of benzene rings is 1. The Morgan fingerprint density at radius 3 is 2.41 bits per heavy atom. The van der Waals surface area contributed by atoms with Crippen molar-refractivity contribution in [3.8, 4) is 0 Å². The van der Waals surface area contributed by atoms with Crippen LogP contribution in [0.25, 0.3) is 0 Å². The average molecular weight is 394 g/mol. The van der Waals surface area contributed by atoms with Crippen LogP contribution in [-0.2, 0) is 9.59 Å².